The number of likely N-dealkylation sites (N-methyl/N-ethyl adjacent to an activating group) is 2. The molecule has 1 heterocycles. The van der Waals surface area contributed by atoms with E-state index in [-0.39, 0.29) is 5.69 Å². The first-order valence-electron chi connectivity index (χ1n) is 6.07. The van der Waals surface area contributed by atoms with Gasteiger partial charge in [0, 0.05) is 39.9 Å². The Morgan fingerprint density at radius 3 is 2.56 bits per heavy atom. The number of imidazole rings is 1. The van der Waals surface area contributed by atoms with E-state index in [9.17, 15) is 4.79 Å². The Bertz CT molecular complexity index is 611. The topological polar surface area (TPSA) is 42.2 Å². The SMILES string of the molecule is CNCCN(C)c1ccc2c(c1)n(C)c(=O)n2C. The Morgan fingerprint density at radius 1 is 1.22 bits per heavy atom. The summed E-state index contributed by atoms with van der Waals surface area (Å²) in [6.07, 6.45) is 0. The highest BCUT2D eigenvalue weighted by atomic mass is 16.1. The largest absolute Gasteiger partial charge is 0.373 e. The first kappa shape index (κ1) is 12.7. The zero-order chi connectivity index (χ0) is 13.3. The van der Waals surface area contributed by atoms with Crippen LogP contribution in [0.4, 0.5) is 5.69 Å². The van der Waals surface area contributed by atoms with Crippen LogP contribution < -0.4 is 15.9 Å². The van der Waals surface area contributed by atoms with Crippen molar-refractivity contribution in [2.75, 3.05) is 32.1 Å². The smallest absolute Gasteiger partial charge is 0.328 e. The molecule has 0 atom stereocenters. The van der Waals surface area contributed by atoms with Gasteiger partial charge in [-0.15, -0.1) is 0 Å². The Hall–Kier alpha value is -1.75. The molecule has 1 aromatic heterocycles. The van der Waals surface area contributed by atoms with Crippen molar-refractivity contribution in [3.63, 3.8) is 0 Å². The highest BCUT2D eigenvalue weighted by molar-refractivity contribution is 5.80. The van der Waals surface area contributed by atoms with E-state index in [2.05, 4.69) is 29.4 Å². The first-order chi connectivity index (χ1) is 8.56. The number of nitrogens with zero attached hydrogens (tertiary/aromatic N) is 3. The fourth-order valence-corrected chi connectivity index (χ4v) is 2.14. The fourth-order valence-electron chi connectivity index (χ4n) is 2.14. The molecule has 0 saturated heterocycles. The Kier molecular flexibility index (Phi) is 3.43. The Morgan fingerprint density at radius 2 is 1.89 bits per heavy atom. The molecule has 0 aliphatic rings. The van der Waals surface area contributed by atoms with Crippen molar-refractivity contribution in [2.24, 2.45) is 14.1 Å². The Labute approximate surface area is 107 Å². The molecule has 98 valence electrons. The van der Waals surface area contributed by atoms with E-state index in [0.29, 0.717) is 0 Å². The molecule has 2 aromatic rings. The molecule has 18 heavy (non-hydrogen) atoms. The zero-order valence-electron chi connectivity index (χ0n) is 11.4. The number of hydrogen-bond acceptors (Lipinski definition) is 3. The summed E-state index contributed by atoms with van der Waals surface area (Å²) in [6, 6.07) is 6.12. The average Bonchev–Trinajstić information content (AvgIpc) is 2.61. The molecule has 0 aliphatic carbocycles. The van der Waals surface area contributed by atoms with Gasteiger partial charge in [-0.25, -0.2) is 4.79 Å². The molecule has 0 spiro atoms. The summed E-state index contributed by atoms with van der Waals surface area (Å²) in [5.41, 5.74) is 3.07. The second kappa shape index (κ2) is 4.86. The summed E-state index contributed by atoms with van der Waals surface area (Å²) in [5, 5.41) is 3.13. The van der Waals surface area contributed by atoms with Crippen LogP contribution >= 0.6 is 0 Å². The van der Waals surface area contributed by atoms with Gasteiger partial charge in [-0.05, 0) is 25.2 Å². The summed E-state index contributed by atoms with van der Waals surface area (Å²) >= 11 is 0. The van der Waals surface area contributed by atoms with Gasteiger partial charge in [-0.3, -0.25) is 9.13 Å². The summed E-state index contributed by atoms with van der Waals surface area (Å²) < 4.78 is 3.36. The standard InChI is InChI=1S/C13H20N4O/c1-14-7-8-15(2)10-5-6-11-12(9-10)17(4)13(18)16(11)3/h5-6,9,14H,7-8H2,1-4H3. The molecule has 0 amide bonds. The van der Waals surface area contributed by atoms with Crippen molar-refractivity contribution in [3.8, 4) is 0 Å². The number of aromatic nitrogens is 2. The molecular formula is C13H20N4O. The molecular weight excluding hydrogens is 228 g/mol. The first-order valence-corrected chi connectivity index (χ1v) is 6.07. The monoisotopic (exact) mass is 248 g/mol. The van der Waals surface area contributed by atoms with E-state index < -0.39 is 0 Å². The summed E-state index contributed by atoms with van der Waals surface area (Å²) in [6.45, 7) is 1.87. The summed E-state index contributed by atoms with van der Waals surface area (Å²) in [4.78, 5) is 14.0. The van der Waals surface area contributed by atoms with Crippen molar-refractivity contribution >= 4 is 16.7 Å². The number of benzene rings is 1. The number of rotatable bonds is 4. The number of fused-ring (bicyclic) bond motifs is 1. The number of nitrogens with one attached hydrogen (secondary N) is 1. The number of aryl methyl sites for hydroxylation is 2. The van der Waals surface area contributed by atoms with Gasteiger partial charge < -0.3 is 10.2 Å². The van der Waals surface area contributed by atoms with E-state index >= 15 is 0 Å². The lowest BCUT2D eigenvalue weighted by Gasteiger charge is -2.19. The van der Waals surface area contributed by atoms with E-state index in [0.717, 1.165) is 29.8 Å². The van der Waals surface area contributed by atoms with Crippen LogP contribution in [0.15, 0.2) is 23.0 Å². The number of hydrogen-bond donors (Lipinski definition) is 1. The van der Waals surface area contributed by atoms with Crippen LogP contribution in [0.3, 0.4) is 0 Å². The van der Waals surface area contributed by atoms with E-state index in [1.165, 1.54) is 0 Å². The second-order valence-electron chi connectivity index (χ2n) is 4.60. The van der Waals surface area contributed by atoms with Crippen molar-refractivity contribution in [1.82, 2.24) is 14.5 Å². The van der Waals surface area contributed by atoms with Gasteiger partial charge in [0.05, 0.1) is 11.0 Å². The average molecular weight is 248 g/mol. The van der Waals surface area contributed by atoms with Crippen LogP contribution in [0.25, 0.3) is 11.0 Å². The van der Waals surface area contributed by atoms with Crippen LogP contribution in [-0.4, -0.2) is 36.3 Å². The van der Waals surface area contributed by atoms with Crippen LogP contribution in [0.1, 0.15) is 0 Å². The van der Waals surface area contributed by atoms with Gasteiger partial charge in [-0.1, -0.05) is 0 Å². The van der Waals surface area contributed by atoms with E-state index in [1.54, 1.807) is 16.2 Å². The quantitative estimate of drug-likeness (QED) is 0.858. The second-order valence-corrected chi connectivity index (χ2v) is 4.60. The molecule has 0 unspecified atom stereocenters. The van der Waals surface area contributed by atoms with Gasteiger partial charge in [0.2, 0.25) is 0 Å². The lowest BCUT2D eigenvalue weighted by Crippen LogP contribution is -2.26. The molecule has 1 N–H and O–H groups in total. The number of anilines is 1. The maximum Gasteiger partial charge on any atom is 0.328 e. The maximum atomic E-state index is 11.8. The predicted molar refractivity (Wildman–Crippen MR) is 75.4 cm³/mol. The molecule has 0 saturated carbocycles. The van der Waals surface area contributed by atoms with Crippen molar-refractivity contribution in [1.29, 1.82) is 0 Å². The van der Waals surface area contributed by atoms with Crippen molar-refractivity contribution in [2.45, 2.75) is 0 Å². The summed E-state index contributed by atoms with van der Waals surface area (Å²) in [7, 11) is 7.61. The molecule has 0 fully saturated rings. The highest BCUT2D eigenvalue weighted by Gasteiger charge is 2.09. The maximum absolute atomic E-state index is 11.8. The minimum absolute atomic E-state index is 0.0139. The lowest BCUT2D eigenvalue weighted by molar-refractivity contribution is 0.768. The van der Waals surface area contributed by atoms with E-state index in [4.69, 9.17) is 0 Å². The lowest BCUT2D eigenvalue weighted by atomic mass is 10.2. The van der Waals surface area contributed by atoms with Crippen molar-refractivity contribution in [3.05, 3.63) is 28.7 Å². The van der Waals surface area contributed by atoms with Gasteiger partial charge in [0.1, 0.15) is 0 Å². The minimum Gasteiger partial charge on any atom is -0.373 e. The normalized spacial score (nSPS) is 11.1. The van der Waals surface area contributed by atoms with Crippen LogP contribution in [0, 0.1) is 0 Å². The Balaban J connectivity index is 2.44. The van der Waals surface area contributed by atoms with E-state index in [1.807, 2.05) is 20.2 Å². The van der Waals surface area contributed by atoms with Crippen LogP contribution in [0.2, 0.25) is 0 Å². The van der Waals surface area contributed by atoms with Crippen LogP contribution in [-0.2, 0) is 14.1 Å². The zero-order valence-corrected chi connectivity index (χ0v) is 11.4. The summed E-state index contributed by atoms with van der Waals surface area (Å²) in [5.74, 6) is 0. The highest BCUT2D eigenvalue weighted by Crippen LogP contribution is 2.19. The minimum atomic E-state index is 0.0139. The van der Waals surface area contributed by atoms with Gasteiger partial charge in [0.15, 0.2) is 0 Å². The van der Waals surface area contributed by atoms with Crippen LogP contribution in [0.5, 0.6) is 0 Å². The third-order valence-electron chi connectivity index (χ3n) is 3.39. The van der Waals surface area contributed by atoms with Gasteiger partial charge >= 0.3 is 5.69 Å². The molecule has 0 bridgehead atoms. The molecule has 5 nitrogen and oxygen atoms in total. The van der Waals surface area contributed by atoms with Crippen molar-refractivity contribution < 1.29 is 0 Å². The van der Waals surface area contributed by atoms with Gasteiger partial charge in [-0.2, -0.15) is 0 Å². The fraction of sp³-hybridized carbons (Fsp3) is 0.462. The third kappa shape index (κ3) is 2.01. The molecule has 5 heteroatoms. The molecule has 0 aliphatic heterocycles. The molecule has 0 radical (unpaired) electrons. The molecule has 2 rings (SSSR count). The predicted octanol–water partition coefficient (Wildman–Crippen LogP) is 0.533. The molecule has 1 aromatic carbocycles. The van der Waals surface area contributed by atoms with Gasteiger partial charge in [0.25, 0.3) is 0 Å². The third-order valence-corrected chi connectivity index (χ3v) is 3.39.